The van der Waals surface area contributed by atoms with Crippen molar-refractivity contribution in [3.05, 3.63) is 0 Å². The van der Waals surface area contributed by atoms with Crippen LogP contribution in [0, 0.1) is 0 Å². The highest BCUT2D eigenvalue weighted by Crippen LogP contribution is 2.06. The van der Waals surface area contributed by atoms with Crippen molar-refractivity contribution in [3.8, 4) is 0 Å². The lowest BCUT2D eigenvalue weighted by molar-refractivity contribution is -0.158. The molecule has 0 rings (SSSR count). The molecule has 0 spiro atoms. The Hall–Kier alpha value is -0.260. The topological polar surface area (TPSA) is 83.5 Å². The second-order valence-electron chi connectivity index (χ2n) is 1.97. The van der Waals surface area contributed by atoms with Crippen molar-refractivity contribution in [2.75, 3.05) is 12.0 Å². The highest BCUT2D eigenvalue weighted by atomic mass is 32.2. The summed E-state index contributed by atoms with van der Waals surface area (Å²) in [7, 11) is 0. The zero-order valence-electron chi connectivity index (χ0n) is 5.70. The molecule has 0 aromatic carbocycles. The van der Waals surface area contributed by atoms with E-state index in [0.717, 1.165) is 0 Å². The van der Waals surface area contributed by atoms with Gasteiger partial charge in [-0.2, -0.15) is 11.8 Å². The minimum Gasteiger partial charge on any atom is -0.478 e. The number of nitrogens with two attached hydrogens (primary N) is 1. The molecule has 4 nitrogen and oxygen atoms in total. The lowest BCUT2D eigenvalue weighted by Crippen LogP contribution is -2.48. The largest absolute Gasteiger partial charge is 0.478 e. The Balaban J connectivity index is 3.75. The van der Waals surface area contributed by atoms with E-state index in [4.69, 9.17) is 15.9 Å². The average molecular weight is 165 g/mol. The molecule has 0 amide bonds. The number of aliphatic carboxylic acids is 1. The van der Waals surface area contributed by atoms with Gasteiger partial charge in [-0.1, -0.05) is 0 Å². The zero-order valence-corrected chi connectivity index (χ0v) is 6.52. The van der Waals surface area contributed by atoms with Crippen LogP contribution >= 0.6 is 11.8 Å². The molecule has 0 unspecified atom stereocenters. The normalized spacial score (nSPS) is 16.3. The molecule has 0 saturated carbocycles. The molecule has 0 aromatic rings. The van der Waals surface area contributed by atoms with Gasteiger partial charge in [0.1, 0.15) is 0 Å². The van der Waals surface area contributed by atoms with Gasteiger partial charge in [0.15, 0.2) is 0 Å². The van der Waals surface area contributed by atoms with Gasteiger partial charge in [-0.15, -0.1) is 0 Å². The number of carboxylic acid groups (broad SMARTS) is 1. The number of thioether (sulfide) groups is 1. The number of carbonyl (C=O) groups is 1. The third kappa shape index (κ3) is 3.05. The fourth-order valence-electron chi connectivity index (χ4n) is 0.365. The first-order valence-corrected chi connectivity index (χ1v) is 4.13. The first kappa shape index (κ1) is 9.74. The lowest BCUT2D eigenvalue weighted by atomic mass is 10.2. The summed E-state index contributed by atoms with van der Waals surface area (Å²) in [5.74, 6) is -0.833. The van der Waals surface area contributed by atoms with Gasteiger partial charge in [0, 0.05) is 6.42 Å². The Kier molecular flexibility index (Phi) is 3.70. The second-order valence-corrected chi connectivity index (χ2v) is 2.96. The number of aliphatic hydroxyl groups is 1. The van der Waals surface area contributed by atoms with Crippen LogP contribution in [0.25, 0.3) is 0 Å². The van der Waals surface area contributed by atoms with E-state index in [1.54, 1.807) is 0 Å². The minimum atomic E-state index is -2.05. The van der Waals surface area contributed by atoms with Crippen LogP contribution < -0.4 is 5.73 Å². The molecule has 60 valence electrons. The first-order chi connectivity index (χ1) is 4.50. The van der Waals surface area contributed by atoms with Gasteiger partial charge in [0.05, 0.1) is 0 Å². The summed E-state index contributed by atoms with van der Waals surface area (Å²) in [5, 5.41) is 17.2. The van der Waals surface area contributed by atoms with E-state index >= 15 is 0 Å². The Morgan fingerprint density at radius 3 is 2.60 bits per heavy atom. The second kappa shape index (κ2) is 3.80. The van der Waals surface area contributed by atoms with Crippen molar-refractivity contribution in [2.24, 2.45) is 5.73 Å². The van der Waals surface area contributed by atoms with E-state index in [9.17, 15) is 4.79 Å². The number of rotatable bonds is 4. The van der Waals surface area contributed by atoms with Gasteiger partial charge in [-0.3, -0.25) is 5.73 Å². The van der Waals surface area contributed by atoms with E-state index in [-0.39, 0.29) is 6.42 Å². The van der Waals surface area contributed by atoms with Gasteiger partial charge in [-0.05, 0) is 12.0 Å². The van der Waals surface area contributed by atoms with Crippen LogP contribution in [0.1, 0.15) is 6.42 Å². The van der Waals surface area contributed by atoms with Crippen LogP contribution in [-0.2, 0) is 4.79 Å². The van der Waals surface area contributed by atoms with Gasteiger partial charge < -0.3 is 10.2 Å². The van der Waals surface area contributed by atoms with Crippen LogP contribution in [-0.4, -0.2) is 33.9 Å². The van der Waals surface area contributed by atoms with E-state index in [1.165, 1.54) is 11.8 Å². The third-order valence-corrected chi connectivity index (χ3v) is 1.67. The van der Waals surface area contributed by atoms with Crippen LogP contribution in [0.5, 0.6) is 0 Å². The maximum Gasteiger partial charge on any atom is 0.351 e. The molecule has 0 aliphatic rings. The maximum absolute atomic E-state index is 10.1. The van der Waals surface area contributed by atoms with E-state index in [0.29, 0.717) is 5.75 Å². The molecule has 0 radical (unpaired) electrons. The predicted molar refractivity (Wildman–Crippen MR) is 39.8 cm³/mol. The van der Waals surface area contributed by atoms with E-state index < -0.39 is 11.7 Å². The van der Waals surface area contributed by atoms with Crippen molar-refractivity contribution in [3.63, 3.8) is 0 Å². The molecule has 0 saturated heterocycles. The Labute approximate surface area is 63.4 Å². The Morgan fingerprint density at radius 2 is 2.30 bits per heavy atom. The fourth-order valence-corrected chi connectivity index (χ4v) is 0.880. The zero-order chi connectivity index (χ0) is 8.20. The molecule has 0 heterocycles. The smallest absolute Gasteiger partial charge is 0.351 e. The monoisotopic (exact) mass is 165 g/mol. The quantitative estimate of drug-likeness (QED) is 0.488. The predicted octanol–water partition coefficient (Wildman–Crippen LogP) is -0.529. The highest BCUT2D eigenvalue weighted by Gasteiger charge is 2.29. The molecular weight excluding hydrogens is 154 g/mol. The minimum absolute atomic E-state index is 0.0729. The summed E-state index contributed by atoms with van der Waals surface area (Å²) in [6.07, 6.45) is 1.89. The van der Waals surface area contributed by atoms with Gasteiger partial charge in [0.2, 0.25) is 5.72 Å². The van der Waals surface area contributed by atoms with E-state index in [1.807, 2.05) is 6.26 Å². The molecule has 0 aromatic heterocycles. The number of carboxylic acids is 1. The summed E-state index contributed by atoms with van der Waals surface area (Å²) in [6.45, 7) is 0. The lowest BCUT2D eigenvalue weighted by Gasteiger charge is -2.15. The van der Waals surface area contributed by atoms with Crippen molar-refractivity contribution in [1.29, 1.82) is 0 Å². The maximum atomic E-state index is 10.1. The molecular formula is C5H11NO3S. The summed E-state index contributed by atoms with van der Waals surface area (Å²) in [4.78, 5) is 10.1. The highest BCUT2D eigenvalue weighted by molar-refractivity contribution is 7.98. The Bertz CT molecular complexity index is 126. The van der Waals surface area contributed by atoms with Crippen LogP contribution in [0.3, 0.4) is 0 Å². The fraction of sp³-hybridized carbons (Fsp3) is 0.800. The summed E-state index contributed by atoms with van der Waals surface area (Å²) in [6, 6.07) is 0. The van der Waals surface area contributed by atoms with Gasteiger partial charge >= 0.3 is 5.97 Å². The number of hydrogen-bond acceptors (Lipinski definition) is 4. The van der Waals surface area contributed by atoms with Crippen LogP contribution in [0.15, 0.2) is 0 Å². The Morgan fingerprint density at radius 1 is 1.80 bits per heavy atom. The molecule has 4 N–H and O–H groups in total. The standard InChI is InChI=1S/C5H11NO3S/c1-10-3-2-5(6,9)4(7)8/h9H,2-3,6H2,1H3,(H,7,8)/t5-/m0/s1. The summed E-state index contributed by atoms with van der Waals surface area (Å²) < 4.78 is 0. The summed E-state index contributed by atoms with van der Waals surface area (Å²) in [5.41, 5.74) is 2.94. The molecule has 0 aliphatic carbocycles. The average Bonchev–Trinajstić information content (AvgIpc) is 1.84. The molecule has 5 heteroatoms. The van der Waals surface area contributed by atoms with Crippen LogP contribution in [0.2, 0.25) is 0 Å². The van der Waals surface area contributed by atoms with Crippen molar-refractivity contribution in [1.82, 2.24) is 0 Å². The SMILES string of the molecule is CSCC[C@](N)(O)C(=O)O. The first-order valence-electron chi connectivity index (χ1n) is 2.74. The van der Waals surface area contributed by atoms with Crippen molar-refractivity contribution < 1.29 is 15.0 Å². The molecule has 0 fully saturated rings. The molecule has 1 atom stereocenters. The molecule has 0 bridgehead atoms. The number of hydrogen-bond donors (Lipinski definition) is 3. The molecule has 10 heavy (non-hydrogen) atoms. The summed E-state index contributed by atoms with van der Waals surface area (Å²) >= 11 is 1.44. The van der Waals surface area contributed by atoms with Crippen molar-refractivity contribution >= 4 is 17.7 Å². The third-order valence-electron chi connectivity index (χ3n) is 1.06. The van der Waals surface area contributed by atoms with Crippen molar-refractivity contribution in [2.45, 2.75) is 12.1 Å². The van der Waals surface area contributed by atoms with Crippen LogP contribution in [0.4, 0.5) is 0 Å². The van der Waals surface area contributed by atoms with E-state index in [2.05, 4.69) is 0 Å². The van der Waals surface area contributed by atoms with Gasteiger partial charge in [0.25, 0.3) is 0 Å². The molecule has 0 aliphatic heterocycles. The van der Waals surface area contributed by atoms with Gasteiger partial charge in [-0.25, -0.2) is 4.79 Å².